The lowest BCUT2D eigenvalue weighted by molar-refractivity contribution is 0.333. The first-order valence-electron chi connectivity index (χ1n) is 6.32. The molecule has 2 rings (SSSR count). The van der Waals surface area contributed by atoms with E-state index in [1.807, 2.05) is 12.1 Å². The van der Waals surface area contributed by atoms with Gasteiger partial charge in [0.15, 0.2) is 0 Å². The molecule has 20 heavy (non-hydrogen) atoms. The largest absolute Gasteiger partial charge is 0.492 e. The summed E-state index contributed by atoms with van der Waals surface area (Å²) in [5.74, 6) is 0.490. The summed E-state index contributed by atoms with van der Waals surface area (Å²) in [6.07, 6.45) is 0. The number of halogens is 1. The second-order valence-corrected chi connectivity index (χ2v) is 4.38. The summed E-state index contributed by atoms with van der Waals surface area (Å²) in [7, 11) is 0. The van der Waals surface area contributed by atoms with E-state index in [9.17, 15) is 4.39 Å². The second-order valence-electron chi connectivity index (χ2n) is 4.38. The molecule has 0 saturated heterocycles. The number of nitriles is 1. The fourth-order valence-corrected chi connectivity index (χ4v) is 1.69. The van der Waals surface area contributed by atoms with Gasteiger partial charge in [-0.25, -0.2) is 4.39 Å². The predicted molar refractivity (Wildman–Crippen MR) is 76.3 cm³/mol. The fraction of sp³-hybridized carbons (Fsp3) is 0.188. The van der Waals surface area contributed by atoms with Crippen molar-refractivity contribution in [1.82, 2.24) is 0 Å². The van der Waals surface area contributed by atoms with Crippen LogP contribution in [0.1, 0.15) is 11.1 Å². The Hall–Kier alpha value is -2.54. The Labute approximate surface area is 117 Å². The maximum absolute atomic E-state index is 13.3. The van der Waals surface area contributed by atoms with Gasteiger partial charge in [-0.05, 0) is 48.9 Å². The Bertz CT molecular complexity index is 617. The van der Waals surface area contributed by atoms with E-state index in [0.29, 0.717) is 30.0 Å². The normalized spacial score (nSPS) is 9.85. The van der Waals surface area contributed by atoms with Gasteiger partial charge < -0.3 is 10.1 Å². The molecule has 0 aliphatic rings. The number of aryl methyl sites for hydroxylation is 1. The summed E-state index contributed by atoms with van der Waals surface area (Å²) < 4.78 is 18.8. The van der Waals surface area contributed by atoms with E-state index in [-0.39, 0.29) is 5.82 Å². The third kappa shape index (κ3) is 3.72. The standard InChI is InChI=1S/C16H15FN2O/c1-12-2-5-14(10-16(12)17)19-8-9-20-15-6-3-13(11-18)4-7-15/h2-7,10,19H,8-9H2,1H3. The topological polar surface area (TPSA) is 45.0 Å². The minimum absolute atomic E-state index is 0.219. The summed E-state index contributed by atoms with van der Waals surface area (Å²) >= 11 is 0. The van der Waals surface area contributed by atoms with Gasteiger partial charge in [0.1, 0.15) is 18.2 Å². The monoisotopic (exact) mass is 270 g/mol. The average molecular weight is 270 g/mol. The molecule has 0 aliphatic heterocycles. The highest BCUT2D eigenvalue weighted by atomic mass is 19.1. The zero-order valence-electron chi connectivity index (χ0n) is 11.2. The molecule has 0 radical (unpaired) electrons. The lowest BCUT2D eigenvalue weighted by Gasteiger charge is -2.09. The molecule has 4 heteroatoms. The van der Waals surface area contributed by atoms with Crippen LogP contribution >= 0.6 is 0 Å². The van der Waals surface area contributed by atoms with Gasteiger partial charge >= 0.3 is 0 Å². The van der Waals surface area contributed by atoms with E-state index in [0.717, 1.165) is 5.69 Å². The Morgan fingerprint density at radius 3 is 2.60 bits per heavy atom. The number of benzene rings is 2. The summed E-state index contributed by atoms with van der Waals surface area (Å²) in [6, 6.07) is 14.0. The Morgan fingerprint density at radius 1 is 1.20 bits per heavy atom. The zero-order valence-corrected chi connectivity index (χ0v) is 11.2. The zero-order chi connectivity index (χ0) is 14.4. The van der Waals surface area contributed by atoms with Crippen LogP contribution in [0.15, 0.2) is 42.5 Å². The first kappa shape index (κ1) is 13.9. The van der Waals surface area contributed by atoms with Gasteiger partial charge in [-0.15, -0.1) is 0 Å². The molecule has 0 atom stereocenters. The van der Waals surface area contributed by atoms with E-state index in [1.165, 1.54) is 6.07 Å². The van der Waals surface area contributed by atoms with Crippen LogP contribution in [0.25, 0.3) is 0 Å². The highest BCUT2D eigenvalue weighted by Crippen LogP contribution is 2.14. The summed E-state index contributed by atoms with van der Waals surface area (Å²) in [6.45, 7) is 2.76. The van der Waals surface area contributed by atoms with Crippen molar-refractivity contribution in [2.75, 3.05) is 18.5 Å². The summed E-state index contributed by atoms with van der Waals surface area (Å²) in [4.78, 5) is 0. The predicted octanol–water partition coefficient (Wildman–Crippen LogP) is 3.50. The van der Waals surface area contributed by atoms with Gasteiger partial charge in [-0.1, -0.05) is 6.07 Å². The van der Waals surface area contributed by atoms with E-state index in [2.05, 4.69) is 5.32 Å². The molecular formula is C16H15FN2O. The number of anilines is 1. The summed E-state index contributed by atoms with van der Waals surface area (Å²) in [5.41, 5.74) is 1.96. The van der Waals surface area contributed by atoms with Crippen molar-refractivity contribution in [3.05, 3.63) is 59.4 Å². The highest BCUT2D eigenvalue weighted by Gasteiger charge is 1.99. The van der Waals surface area contributed by atoms with Crippen molar-refractivity contribution in [3.63, 3.8) is 0 Å². The van der Waals surface area contributed by atoms with Crippen LogP contribution in [-0.4, -0.2) is 13.2 Å². The SMILES string of the molecule is Cc1ccc(NCCOc2ccc(C#N)cc2)cc1F. The molecule has 2 aromatic rings. The van der Waals surface area contributed by atoms with Crippen LogP contribution in [-0.2, 0) is 0 Å². The smallest absolute Gasteiger partial charge is 0.128 e. The summed E-state index contributed by atoms with van der Waals surface area (Å²) in [5, 5.41) is 11.8. The molecule has 1 N–H and O–H groups in total. The molecule has 0 spiro atoms. The molecule has 0 heterocycles. The molecule has 0 unspecified atom stereocenters. The van der Waals surface area contributed by atoms with Crippen LogP contribution in [0.4, 0.5) is 10.1 Å². The fourth-order valence-electron chi connectivity index (χ4n) is 1.69. The van der Waals surface area contributed by atoms with E-state index in [1.54, 1.807) is 37.3 Å². The minimum atomic E-state index is -0.219. The van der Waals surface area contributed by atoms with Crippen LogP contribution in [0.3, 0.4) is 0 Å². The average Bonchev–Trinajstić information content (AvgIpc) is 2.48. The van der Waals surface area contributed by atoms with Crippen molar-refractivity contribution in [3.8, 4) is 11.8 Å². The third-order valence-electron chi connectivity index (χ3n) is 2.86. The number of hydrogen-bond donors (Lipinski definition) is 1. The van der Waals surface area contributed by atoms with Gasteiger partial charge in [0.25, 0.3) is 0 Å². The molecule has 0 amide bonds. The molecule has 0 bridgehead atoms. The highest BCUT2D eigenvalue weighted by molar-refractivity contribution is 5.45. The molecule has 0 saturated carbocycles. The van der Waals surface area contributed by atoms with Crippen molar-refractivity contribution in [1.29, 1.82) is 5.26 Å². The van der Waals surface area contributed by atoms with Gasteiger partial charge in [0.2, 0.25) is 0 Å². The van der Waals surface area contributed by atoms with Crippen LogP contribution in [0.2, 0.25) is 0 Å². The van der Waals surface area contributed by atoms with Crippen LogP contribution in [0, 0.1) is 24.1 Å². The lowest BCUT2D eigenvalue weighted by Crippen LogP contribution is -2.11. The third-order valence-corrected chi connectivity index (χ3v) is 2.86. The molecule has 3 nitrogen and oxygen atoms in total. The van der Waals surface area contributed by atoms with Crippen molar-refractivity contribution >= 4 is 5.69 Å². The molecule has 0 fully saturated rings. The van der Waals surface area contributed by atoms with Gasteiger partial charge in [-0.2, -0.15) is 5.26 Å². The molecule has 2 aromatic carbocycles. The number of rotatable bonds is 5. The van der Waals surface area contributed by atoms with Gasteiger partial charge in [0.05, 0.1) is 11.6 Å². The van der Waals surface area contributed by atoms with Crippen LogP contribution < -0.4 is 10.1 Å². The van der Waals surface area contributed by atoms with Crippen molar-refractivity contribution < 1.29 is 9.13 Å². The molecule has 0 aromatic heterocycles. The van der Waals surface area contributed by atoms with Gasteiger partial charge in [0, 0.05) is 12.2 Å². The van der Waals surface area contributed by atoms with E-state index >= 15 is 0 Å². The van der Waals surface area contributed by atoms with E-state index < -0.39 is 0 Å². The molecular weight excluding hydrogens is 255 g/mol. The number of nitrogens with one attached hydrogen (secondary N) is 1. The van der Waals surface area contributed by atoms with Gasteiger partial charge in [-0.3, -0.25) is 0 Å². The Morgan fingerprint density at radius 2 is 1.95 bits per heavy atom. The first-order chi connectivity index (χ1) is 9.69. The van der Waals surface area contributed by atoms with E-state index in [4.69, 9.17) is 10.00 Å². The van der Waals surface area contributed by atoms with Crippen molar-refractivity contribution in [2.24, 2.45) is 0 Å². The minimum Gasteiger partial charge on any atom is -0.492 e. The number of nitrogens with zero attached hydrogens (tertiary/aromatic N) is 1. The Balaban J connectivity index is 1.78. The first-order valence-corrected chi connectivity index (χ1v) is 6.32. The maximum atomic E-state index is 13.3. The number of ether oxygens (including phenoxy) is 1. The quantitative estimate of drug-likeness (QED) is 0.846. The molecule has 102 valence electrons. The number of hydrogen-bond acceptors (Lipinski definition) is 3. The van der Waals surface area contributed by atoms with Crippen molar-refractivity contribution in [2.45, 2.75) is 6.92 Å². The van der Waals surface area contributed by atoms with Crippen LogP contribution in [0.5, 0.6) is 5.75 Å². The second kappa shape index (κ2) is 6.58. The Kier molecular flexibility index (Phi) is 4.56. The molecule has 0 aliphatic carbocycles. The lowest BCUT2D eigenvalue weighted by atomic mass is 10.2. The maximum Gasteiger partial charge on any atom is 0.128 e.